The molecule has 148 valence electrons. The maximum Gasteiger partial charge on any atom is 0.251 e. The van der Waals surface area contributed by atoms with Gasteiger partial charge >= 0.3 is 0 Å². The molecule has 6 heteroatoms. The van der Waals surface area contributed by atoms with Crippen LogP contribution in [0.25, 0.3) is 0 Å². The van der Waals surface area contributed by atoms with Crippen molar-refractivity contribution in [2.45, 2.75) is 46.2 Å². The molecule has 1 unspecified atom stereocenters. The van der Waals surface area contributed by atoms with Crippen LogP contribution in [0.4, 0.5) is 5.69 Å². The van der Waals surface area contributed by atoms with Gasteiger partial charge in [0.2, 0.25) is 5.91 Å². The van der Waals surface area contributed by atoms with Crippen LogP contribution < -0.4 is 16.0 Å². The monoisotopic (exact) mass is 381 g/mol. The summed E-state index contributed by atoms with van der Waals surface area (Å²) in [5.74, 6) is -0.478. The normalized spacial score (nSPS) is 11.4. The Hall–Kier alpha value is -3.15. The van der Waals surface area contributed by atoms with Crippen molar-refractivity contribution in [3.05, 3.63) is 65.2 Å². The molecule has 0 aliphatic heterocycles. The average molecular weight is 381 g/mol. The minimum absolute atomic E-state index is 0.106. The molecule has 2 aromatic carbocycles. The lowest BCUT2D eigenvalue weighted by atomic mass is 10.1. The highest BCUT2D eigenvalue weighted by Crippen LogP contribution is 2.12. The summed E-state index contributed by atoms with van der Waals surface area (Å²) in [6.07, 6.45) is 1.23. The molecule has 0 saturated carbocycles. The van der Waals surface area contributed by atoms with E-state index in [0.29, 0.717) is 29.8 Å². The largest absolute Gasteiger partial charge is 0.350 e. The third kappa shape index (κ3) is 6.23. The molecule has 2 aromatic rings. The van der Waals surface area contributed by atoms with E-state index < -0.39 is 0 Å². The second-order valence-corrected chi connectivity index (χ2v) is 6.65. The van der Waals surface area contributed by atoms with Gasteiger partial charge in [-0.05, 0) is 49.2 Å². The zero-order chi connectivity index (χ0) is 20.5. The molecular formula is C22H27N3O3. The molecule has 0 heterocycles. The zero-order valence-electron chi connectivity index (χ0n) is 16.5. The van der Waals surface area contributed by atoms with Gasteiger partial charge in [0.15, 0.2) is 0 Å². The highest BCUT2D eigenvalue weighted by atomic mass is 16.2. The second-order valence-electron chi connectivity index (χ2n) is 6.65. The van der Waals surface area contributed by atoms with E-state index in [1.807, 2.05) is 19.9 Å². The van der Waals surface area contributed by atoms with E-state index in [2.05, 4.69) is 16.0 Å². The molecule has 2 rings (SSSR count). The Morgan fingerprint density at radius 3 is 2.29 bits per heavy atom. The van der Waals surface area contributed by atoms with E-state index in [4.69, 9.17) is 0 Å². The maximum atomic E-state index is 12.4. The summed E-state index contributed by atoms with van der Waals surface area (Å²) in [5.41, 5.74) is 2.44. The minimum atomic E-state index is -0.248. The number of hydrogen-bond acceptors (Lipinski definition) is 3. The number of hydrogen-bond donors (Lipinski definition) is 3. The topological polar surface area (TPSA) is 87.3 Å². The fourth-order valence-corrected chi connectivity index (χ4v) is 2.50. The van der Waals surface area contributed by atoms with Crippen LogP contribution in [0.2, 0.25) is 0 Å². The van der Waals surface area contributed by atoms with Gasteiger partial charge in [0, 0.05) is 35.8 Å². The lowest BCUT2D eigenvalue weighted by Gasteiger charge is -2.12. The fraction of sp³-hybridized carbons (Fsp3) is 0.318. The molecule has 28 heavy (non-hydrogen) atoms. The van der Waals surface area contributed by atoms with E-state index >= 15 is 0 Å². The van der Waals surface area contributed by atoms with Crippen LogP contribution in [0, 0.1) is 0 Å². The molecule has 3 amide bonds. The number of carbonyl (C=O) groups excluding carboxylic acids is 3. The van der Waals surface area contributed by atoms with Crippen molar-refractivity contribution in [1.82, 2.24) is 10.6 Å². The summed E-state index contributed by atoms with van der Waals surface area (Å²) >= 11 is 0. The number of amides is 3. The number of rotatable bonds is 8. The third-order valence-corrected chi connectivity index (χ3v) is 4.36. The molecule has 0 aromatic heterocycles. The molecule has 0 saturated heterocycles. The van der Waals surface area contributed by atoms with Crippen LogP contribution in [0.5, 0.6) is 0 Å². The summed E-state index contributed by atoms with van der Waals surface area (Å²) < 4.78 is 0. The first kappa shape index (κ1) is 21.2. The van der Waals surface area contributed by atoms with Crippen LogP contribution in [0.1, 0.15) is 59.9 Å². The van der Waals surface area contributed by atoms with Crippen LogP contribution in [0.3, 0.4) is 0 Å². The van der Waals surface area contributed by atoms with Gasteiger partial charge < -0.3 is 16.0 Å². The van der Waals surface area contributed by atoms with E-state index in [9.17, 15) is 14.4 Å². The average Bonchev–Trinajstić information content (AvgIpc) is 2.72. The predicted octanol–water partition coefficient (Wildman–Crippen LogP) is 3.49. The van der Waals surface area contributed by atoms with Gasteiger partial charge in [0.25, 0.3) is 11.8 Å². The van der Waals surface area contributed by atoms with Crippen LogP contribution in [-0.2, 0) is 11.3 Å². The van der Waals surface area contributed by atoms with Crippen molar-refractivity contribution < 1.29 is 14.4 Å². The van der Waals surface area contributed by atoms with Gasteiger partial charge in [0.1, 0.15) is 0 Å². The molecule has 1 atom stereocenters. The first-order chi connectivity index (χ1) is 13.4. The summed E-state index contributed by atoms with van der Waals surface area (Å²) in [5, 5.41) is 8.51. The van der Waals surface area contributed by atoms with E-state index in [0.717, 1.165) is 12.0 Å². The van der Waals surface area contributed by atoms with Gasteiger partial charge in [-0.2, -0.15) is 0 Å². The maximum absolute atomic E-state index is 12.4. The van der Waals surface area contributed by atoms with Gasteiger partial charge in [-0.1, -0.05) is 32.0 Å². The first-order valence-electron chi connectivity index (χ1n) is 9.50. The van der Waals surface area contributed by atoms with Gasteiger partial charge in [-0.3, -0.25) is 14.4 Å². The van der Waals surface area contributed by atoms with Gasteiger partial charge in [-0.25, -0.2) is 0 Å². The second kappa shape index (κ2) is 10.3. The summed E-state index contributed by atoms with van der Waals surface area (Å²) in [6.45, 7) is 6.04. The van der Waals surface area contributed by atoms with Crippen LogP contribution in [-0.4, -0.2) is 23.8 Å². The zero-order valence-corrected chi connectivity index (χ0v) is 16.5. The third-order valence-electron chi connectivity index (χ3n) is 4.36. The van der Waals surface area contributed by atoms with Gasteiger partial charge in [-0.15, -0.1) is 0 Å². The smallest absolute Gasteiger partial charge is 0.251 e. The molecule has 0 spiro atoms. The van der Waals surface area contributed by atoms with Crippen LogP contribution >= 0.6 is 0 Å². The fourth-order valence-electron chi connectivity index (χ4n) is 2.50. The Morgan fingerprint density at radius 1 is 0.929 bits per heavy atom. The highest BCUT2D eigenvalue weighted by molar-refractivity contribution is 5.97. The van der Waals surface area contributed by atoms with Crippen molar-refractivity contribution in [1.29, 1.82) is 0 Å². The van der Waals surface area contributed by atoms with Crippen molar-refractivity contribution in [3.8, 4) is 0 Å². The molecule has 0 fully saturated rings. The van der Waals surface area contributed by atoms with Crippen LogP contribution in [0.15, 0.2) is 48.5 Å². The Labute approximate surface area is 165 Å². The first-order valence-corrected chi connectivity index (χ1v) is 9.50. The number of anilines is 1. The molecule has 6 nitrogen and oxygen atoms in total. The van der Waals surface area contributed by atoms with Crippen molar-refractivity contribution in [2.75, 3.05) is 5.32 Å². The van der Waals surface area contributed by atoms with Crippen molar-refractivity contribution >= 4 is 23.4 Å². The summed E-state index contributed by atoms with van der Waals surface area (Å²) in [7, 11) is 0. The number of nitrogens with one attached hydrogen (secondary N) is 3. The Balaban J connectivity index is 1.99. The summed E-state index contributed by atoms with van der Waals surface area (Å²) in [4.78, 5) is 36.2. The van der Waals surface area contributed by atoms with E-state index in [1.54, 1.807) is 49.4 Å². The molecule has 0 aliphatic rings. The Kier molecular flexibility index (Phi) is 7.75. The minimum Gasteiger partial charge on any atom is -0.350 e. The summed E-state index contributed by atoms with van der Waals surface area (Å²) in [6, 6.07) is 14.1. The predicted molar refractivity (Wildman–Crippen MR) is 110 cm³/mol. The molecule has 0 bridgehead atoms. The Morgan fingerprint density at radius 2 is 1.61 bits per heavy atom. The Bertz CT molecular complexity index is 848. The molecule has 0 aliphatic carbocycles. The van der Waals surface area contributed by atoms with Gasteiger partial charge in [0.05, 0.1) is 0 Å². The number of benzene rings is 2. The molecule has 3 N–H and O–H groups in total. The van der Waals surface area contributed by atoms with E-state index in [1.165, 1.54) is 0 Å². The SMILES string of the molecule is CCC(=O)Nc1cccc(C(=O)NCc2cccc(C(=O)NC(C)CC)c2)c1. The lowest BCUT2D eigenvalue weighted by molar-refractivity contribution is -0.115. The highest BCUT2D eigenvalue weighted by Gasteiger charge is 2.10. The molecule has 0 radical (unpaired) electrons. The van der Waals surface area contributed by atoms with Crippen molar-refractivity contribution in [2.24, 2.45) is 0 Å². The van der Waals surface area contributed by atoms with E-state index in [-0.39, 0.29) is 23.8 Å². The van der Waals surface area contributed by atoms with Crippen molar-refractivity contribution in [3.63, 3.8) is 0 Å². The standard InChI is InChI=1S/C22H27N3O3/c1-4-15(3)24-22(28)17-9-6-8-16(12-17)14-23-21(27)18-10-7-11-19(13-18)25-20(26)5-2/h6-13,15H,4-5,14H2,1-3H3,(H,23,27)(H,24,28)(H,25,26). The molecular weight excluding hydrogens is 354 g/mol. The number of carbonyl (C=O) groups is 3. The quantitative estimate of drug-likeness (QED) is 0.654. The lowest BCUT2D eigenvalue weighted by Crippen LogP contribution is -2.32.